The lowest BCUT2D eigenvalue weighted by molar-refractivity contribution is 0.0322. The molecule has 1 aromatic rings. The summed E-state index contributed by atoms with van der Waals surface area (Å²) in [4.78, 5) is 25.5. The van der Waals surface area contributed by atoms with E-state index in [9.17, 15) is 9.59 Å². The predicted octanol–water partition coefficient (Wildman–Crippen LogP) is 6.46. The Balaban J connectivity index is 3.19. The van der Waals surface area contributed by atoms with Crippen LogP contribution in [0.4, 0.5) is 0 Å². The fraction of sp³-hybridized carbons (Fsp3) is 0.680. The summed E-state index contributed by atoms with van der Waals surface area (Å²) in [6.07, 6.45) is 3.02. The van der Waals surface area contributed by atoms with Gasteiger partial charge in [0.15, 0.2) is 0 Å². The number of benzene rings is 1. The molecule has 0 aromatic heterocycles. The van der Waals surface area contributed by atoms with E-state index in [2.05, 4.69) is 20.8 Å². The van der Waals surface area contributed by atoms with Crippen molar-refractivity contribution in [3.8, 4) is 0 Å². The molecule has 0 N–H and O–H groups in total. The SMILES string of the molecule is CCCC(C)(C)Cc1ccc(C(=O)OCC(C)(C)C)c(C(=O)OCC(C)(C)C)c1. The van der Waals surface area contributed by atoms with E-state index in [0.717, 1.165) is 24.8 Å². The van der Waals surface area contributed by atoms with E-state index in [4.69, 9.17) is 9.47 Å². The van der Waals surface area contributed by atoms with Crippen LogP contribution >= 0.6 is 0 Å². The van der Waals surface area contributed by atoms with Gasteiger partial charge in [0.2, 0.25) is 0 Å². The zero-order valence-corrected chi connectivity index (χ0v) is 19.9. The standard InChI is InChI=1S/C25H40O4/c1-10-13-25(8,9)15-18-11-12-19(21(26)28-16-23(2,3)4)20(14-18)22(27)29-17-24(5,6)7/h11-12,14H,10,13,15-17H2,1-9H3. The highest BCUT2D eigenvalue weighted by Gasteiger charge is 2.25. The van der Waals surface area contributed by atoms with Gasteiger partial charge in [0.1, 0.15) is 0 Å². The fourth-order valence-corrected chi connectivity index (χ4v) is 3.09. The third kappa shape index (κ3) is 9.47. The van der Waals surface area contributed by atoms with Gasteiger partial charge in [0, 0.05) is 0 Å². The van der Waals surface area contributed by atoms with Crippen LogP contribution in [-0.2, 0) is 15.9 Å². The summed E-state index contributed by atoms with van der Waals surface area (Å²) in [6, 6.07) is 5.43. The maximum Gasteiger partial charge on any atom is 0.339 e. The molecule has 0 fully saturated rings. The average Bonchev–Trinajstić information content (AvgIpc) is 2.55. The Hall–Kier alpha value is -1.84. The number of carbonyl (C=O) groups is 2. The molecular formula is C25H40O4. The minimum atomic E-state index is -0.484. The Morgan fingerprint density at radius 2 is 1.28 bits per heavy atom. The van der Waals surface area contributed by atoms with Crippen LogP contribution in [0.25, 0.3) is 0 Å². The van der Waals surface area contributed by atoms with E-state index < -0.39 is 11.9 Å². The van der Waals surface area contributed by atoms with Gasteiger partial charge in [0.25, 0.3) is 0 Å². The monoisotopic (exact) mass is 404 g/mol. The van der Waals surface area contributed by atoms with E-state index in [1.165, 1.54) is 0 Å². The van der Waals surface area contributed by atoms with Gasteiger partial charge < -0.3 is 9.47 Å². The predicted molar refractivity (Wildman–Crippen MR) is 118 cm³/mol. The summed E-state index contributed by atoms with van der Waals surface area (Å²) in [5, 5.41) is 0. The molecule has 0 saturated heterocycles. The second-order valence-corrected chi connectivity index (χ2v) is 11.2. The molecule has 0 bridgehead atoms. The summed E-state index contributed by atoms with van der Waals surface area (Å²) >= 11 is 0. The van der Waals surface area contributed by atoms with Crippen molar-refractivity contribution < 1.29 is 19.1 Å². The molecule has 1 rings (SSSR count). The van der Waals surface area contributed by atoms with E-state index in [1.54, 1.807) is 12.1 Å². The van der Waals surface area contributed by atoms with Crippen LogP contribution < -0.4 is 0 Å². The lowest BCUT2D eigenvalue weighted by Crippen LogP contribution is -2.23. The van der Waals surface area contributed by atoms with Crippen molar-refractivity contribution in [1.29, 1.82) is 0 Å². The molecule has 0 saturated carbocycles. The highest BCUT2D eigenvalue weighted by atomic mass is 16.5. The number of carbonyl (C=O) groups excluding carboxylic acids is 2. The molecule has 0 atom stereocenters. The third-order valence-electron chi connectivity index (χ3n) is 4.41. The van der Waals surface area contributed by atoms with Crippen LogP contribution in [0, 0.1) is 16.2 Å². The number of hydrogen-bond donors (Lipinski definition) is 0. The Kier molecular flexibility index (Phi) is 8.49. The molecule has 0 radical (unpaired) electrons. The summed E-state index contributed by atoms with van der Waals surface area (Å²) in [5.74, 6) is -0.959. The lowest BCUT2D eigenvalue weighted by Gasteiger charge is -2.25. The van der Waals surface area contributed by atoms with Gasteiger partial charge >= 0.3 is 11.9 Å². The highest BCUT2D eigenvalue weighted by Crippen LogP contribution is 2.29. The van der Waals surface area contributed by atoms with Gasteiger partial charge in [0.05, 0.1) is 24.3 Å². The maximum atomic E-state index is 12.8. The van der Waals surface area contributed by atoms with Crippen molar-refractivity contribution >= 4 is 11.9 Å². The number of ether oxygens (including phenoxy) is 2. The number of hydrogen-bond acceptors (Lipinski definition) is 4. The Morgan fingerprint density at radius 3 is 1.72 bits per heavy atom. The second-order valence-electron chi connectivity index (χ2n) is 11.2. The van der Waals surface area contributed by atoms with Crippen molar-refractivity contribution in [1.82, 2.24) is 0 Å². The summed E-state index contributed by atoms with van der Waals surface area (Å²) < 4.78 is 11.0. The Morgan fingerprint density at radius 1 is 0.793 bits per heavy atom. The molecule has 0 unspecified atom stereocenters. The van der Waals surface area contributed by atoms with Crippen LogP contribution in [0.2, 0.25) is 0 Å². The molecule has 29 heavy (non-hydrogen) atoms. The molecular weight excluding hydrogens is 364 g/mol. The minimum Gasteiger partial charge on any atom is -0.462 e. The summed E-state index contributed by atoms with van der Waals surface area (Å²) in [7, 11) is 0. The molecule has 0 spiro atoms. The van der Waals surface area contributed by atoms with Crippen molar-refractivity contribution in [2.75, 3.05) is 13.2 Å². The van der Waals surface area contributed by atoms with Gasteiger partial charge in [-0.3, -0.25) is 0 Å². The van der Waals surface area contributed by atoms with Gasteiger partial charge in [-0.05, 0) is 46.8 Å². The van der Waals surface area contributed by atoms with Gasteiger partial charge in [-0.1, -0.05) is 74.8 Å². The maximum absolute atomic E-state index is 12.8. The van der Waals surface area contributed by atoms with Crippen molar-refractivity contribution in [2.24, 2.45) is 16.2 Å². The Bertz CT molecular complexity index is 703. The number of rotatable bonds is 8. The summed E-state index contributed by atoms with van der Waals surface area (Å²) in [5.41, 5.74) is 1.41. The Labute approximate surface area is 177 Å². The van der Waals surface area contributed by atoms with Crippen molar-refractivity contribution in [3.63, 3.8) is 0 Å². The first-order valence-corrected chi connectivity index (χ1v) is 10.6. The lowest BCUT2D eigenvalue weighted by atomic mass is 9.81. The zero-order chi connectivity index (χ0) is 22.5. The van der Waals surface area contributed by atoms with Gasteiger partial charge in [-0.25, -0.2) is 9.59 Å². The second kappa shape index (κ2) is 9.77. The molecule has 0 aliphatic heterocycles. The number of esters is 2. The molecule has 0 aliphatic carbocycles. The quantitative estimate of drug-likeness (QED) is 0.466. The normalized spacial score (nSPS) is 12.6. The molecule has 164 valence electrons. The molecule has 0 aliphatic rings. The first kappa shape index (κ1) is 25.2. The van der Waals surface area contributed by atoms with Crippen molar-refractivity contribution in [3.05, 3.63) is 34.9 Å². The van der Waals surface area contributed by atoms with Gasteiger partial charge in [-0.15, -0.1) is 0 Å². The molecule has 0 amide bonds. The van der Waals surface area contributed by atoms with E-state index in [1.807, 2.05) is 47.6 Å². The van der Waals surface area contributed by atoms with Crippen LogP contribution in [0.3, 0.4) is 0 Å². The minimum absolute atomic E-state index is 0.121. The fourth-order valence-electron chi connectivity index (χ4n) is 3.09. The van der Waals surface area contributed by atoms with E-state index in [-0.39, 0.29) is 40.6 Å². The van der Waals surface area contributed by atoms with Crippen LogP contribution in [0.5, 0.6) is 0 Å². The largest absolute Gasteiger partial charge is 0.462 e. The highest BCUT2D eigenvalue weighted by molar-refractivity contribution is 6.03. The molecule has 4 nitrogen and oxygen atoms in total. The zero-order valence-electron chi connectivity index (χ0n) is 19.9. The topological polar surface area (TPSA) is 52.6 Å². The van der Waals surface area contributed by atoms with E-state index >= 15 is 0 Å². The average molecular weight is 405 g/mol. The van der Waals surface area contributed by atoms with Crippen LogP contribution in [0.15, 0.2) is 18.2 Å². The van der Waals surface area contributed by atoms with Crippen LogP contribution in [0.1, 0.15) is 101 Å². The van der Waals surface area contributed by atoms with E-state index in [0.29, 0.717) is 0 Å². The third-order valence-corrected chi connectivity index (χ3v) is 4.41. The summed E-state index contributed by atoms with van der Waals surface area (Å²) in [6.45, 7) is 19.2. The molecule has 1 aromatic carbocycles. The van der Waals surface area contributed by atoms with Gasteiger partial charge in [-0.2, -0.15) is 0 Å². The molecule has 4 heteroatoms. The first-order chi connectivity index (χ1) is 13.1. The first-order valence-electron chi connectivity index (χ1n) is 10.6. The molecule has 0 heterocycles. The van der Waals surface area contributed by atoms with Crippen LogP contribution in [-0.4, -0.2) is 25.2 Å². The smallest absolute Gasteiger partial charge is 0.339 e. The van der Waals surface area contributed by atoms with Crippen molar-refractivity contribution in [2.45, 2.75) is 81.6 Å².